The summed E-state index contributed by atoms with van der Waals surface area (Å²) < 4.78 is 7.40. The average Bonchev–Trinajstić information content (AvgIpc) is 3.42. The van der Waals surface area contributed by atoms with E-state index >= 15 is 0 Å². The van der Waals surface area contributed by atoms with Crippen LogP contribution in [0, 0.1) is 0 Å². The highest BCUT2D eigenvalue weighted by molar-refractivity contribution is 7.18. The second-order valence-electron chi connectivity index (χ2n) is 7.39. The second-order valence-corrected chi connectivity index (χ2v) is 9.11. The summed E-state index contributed by atoms with van der Waals surface area (Å²) in [5.74, 6) is -1.92. The lowest BCUT2D eigenvalue weighted by Crippen LogP contribution is -2.34. The first-order valence-corrected chi connectivity index (χ1v) is 11.9. The van der Waals surface area contributed by atoms with E-state index in [1.54, 1.807) is 54.7 Å². The number of ether oxygens (including phenoxy) is 1. The highest BCUT2D eigenvalue weighted by Crippen LogP contribution is 2.23. The van der Waals surface area contributed by atoms with Crippen LogP contribution < -0.4 is 15.8 Å². The molecule has 1 atom stereocenters. The van der Waals surface area contributed by atoms with Gasteiger partial charge < -0.3 is 20.3 Å². The molecule has 196 valence electrons. The molecule has 1 aliphatic heterocycles. The van der Waals surface area contributed by atoms with E-state index < -0.39 is 24.1 Å². The molecule has 3 N–H and O–H groups in total. The number of hydrogen-bond acceptors (Lipinski definition) is 7. The van der Waals surface area contributed by atoms with Crippen LogP contribution in [0.15, 0.2) is 65.6 Å². The molecule has 1 saturated heterocycles. The maximum Gasteiger partial charge on any atom is 0.414 e. The normalized spacial score (nSPS) is 13.9. The van der Waals surface area contributed by atoms with Crippen LogP contribution in [-0.4, -0.2) is 57.9 Å². The van der Waals surface area contributed by atoms with Crippen LogP contribution in [0.5, 0.6) is 0 Å². The minimum absolute atomic E-state index is 0.135. The van der Waals surface area contributed by atoms with Gasteiger partial charge in [-0.3, -0.25) is 28.6 Å². The molecule has 13 heteroatoms. The van der Waals surface area contributed by atoms with E-state index in [0.717, 1.165) is 13.8 Å². The van der Waals surface area contributed by atoms with E-state index in [1.807, 2.05) is 0 Å². The summed E-state index contributed by atoms with van der Waals surface area (Å²) in [6.45, 7) is 2.68. The zero-order valence-corrected chi connectivity index (χ0v) is 21.4. The number of nitrogens with zero attached hydrogens (tertiary/aromatic N) is 2. The molecule has 11 nitrogen and oxygen atoms in total. The van der Waals surface area contributed by atoms with Crippen molar-refractivity contribution in [2.45, 2.75) is 20.0 Å². The Labute approximate surface area is 220 Å². The van der Waals surface area contributed by atoms with Crippen LogP contribution in [-0.2, 0) is 14.3 Å². The Morgan fingerprint density at radius 3 is 2.14 bits per heavy atom. The third-order valence-corrected chi connectivity index (χ3v) is 5.65. The van der Waals surface area contributed by atoms with Crippen LogP contribution in [0.25, 0.3) is 5.69 Å². The molecule has 2 aromatic heterocycles. The number of nitrogens with one attached hydrogen (secondary N) is 1. The lowest BCUT2D eigenvalue weighted by molar-refractivity contribution is -0.135. The van der Waals surface area contributed by atoms with Crippen LogP contribution in [0.1, 0.15) is 23.5 Å². The molecule has 0 bridgehead atoms. The van der Waals surface area contributed by atoms with E-state index in [4.69, 9.17) is 36.1 Å². The summed E-state index contributed by atoms with van der Waals surface area (Å²) >= 11 is 7.03. The number of anilines is 1. The first-order valence-electron chi connectivity index (χ1n) is 10.7. The molecule has 37 heavy (non-hydrogen) atoms. The van der Waals surface area contributed by atoms with Crippen molar-refractivity contribution in [1.29, 1.82) is 0 Å². The van der Waals surface area contributed by atoms with E-state index in [1.165, 1.54) is 26.9 Å². The molecule has 1 aliphatic rings. The standard InChI is InChI=1S/C20H16ClN3O4S.2C2H4O2/c21-17-9-8-16(29-17)19(26)22-11-15-12-24(20(27)28-15)14-6-4-13(5-7-14)23-10-2-1-3-18(23)25;2*1-2(3)4/h1-10,15H,11-12H2,(H,22,26);2*1H3,(H,3,4)/t15-;;/m0../s1. The van der Waals surface area contributed by atoms with Crippen LogP contribution in [0.3, 0.4) is 0 Å². The smallest absolute Gasteiger partial charge is 0.414 e. The number of aliphatic carboxylic acids is 2. The molecule has 0 spiro atoms. The summed E-state index contributed by atoms with van der Waals surface area (Å²) in [7, 11) is 0. The third kappa shape index (κ3) is 9.43. The summed E-state index contributed by atoms with van der Waals surface area (Å²) in [5.41, 5.74) is 1.22. The number of carbonyl (C=O) groups is 4. The molecule has 2 amide bonds. The second kappa shape index (κ2) is 13.8. The van der Waals surface area contributed by atoms with Crippen molar-refractivity contribution in [3.8, 4) is 5.69 Å². The van der Waals surface area contributed by atoms with E-state index in [0.29, 0.717) is 27.1 Å². The Morgan fingerprint density at radius 1 is 1.00 bits per heavy atom. The quantitative estimate of drug-likeness (QED) is 0.437. The van der Waals surface area contributed by atoms with Gasteiger partial charge in [-0.1, -0.05) is 17.7 Å². The maximum absolute atomic E-state index is 12.2. The number of benzene rings is 1. The number of amides is 2. The number of thiophene rings is 1. The highest BCUT2D eigenvalue weighted by Gasteiger charge is 2.32. The number of pyridine rings is 1. The molecule has 3 heterocycles. The Morgan fingerprint density at radius 2 is 1.59 bits per heavy atom. The predicted octanol–water partition coefficient (Wildman–Crippen LogP) is 3.49. The fourth-order valence-corrected chi connectivity index (χ4v) is 3.96. The van der Waals surface area contributed by atoms with Crippen LogP contribution >= 0.6 is 22.9 Å². The number of hydrogen-bond donors (Lipinski definition) is 3. The van der Waals surface area contributed by atoms with Crippen molar-refractivity contribution in [3.63, 3.8) is 0 Å². The topological polar surface area (TPSA) is 155 Å². The molecule has 1 aromatic carbocycles. The minimum Gasteiger partial charge on any atom is -0.481 e. The Balaban J connectivity index is 0.000000530. The molecule has 4 rings (SSSR count). The van der Waals surface area contributed by atoms with Crippen molar-refractivity contribution >= 4 is 52.6 Å². The maximum atomic E-state index is 12.2. The molecular formula is C24H24ClN3O8S. The Kier molecular flexibility index (Phi) is 10.8. The van der Waals surface area contributed by atoms with Crippen molar-refractivity contribution in [3.05, 3.63) is 80.4 Å². The monoisotopic (exact) mass is 549 g/mol. The Hall–Kier alpha value is -4.16. The predicted molar refractivity (Wildman–Crippen MR) is 138 cm³/mol. The zero-order valence-electron chi connectivity index (χ0n) is 19.8. The van der Waals surface area contributed by atoms with E-state index in [9.17, 15) is 14.4 Å². The number of rotatable bonds is 5. The lowest BCUT2D eigenvalue weighted by atomic mass is 10.2. The zero-order chi connectivity index (χ0) is 27.5. The Bertz CT molecular complexity index is 1290. The molecule has 1 fully saturated rings. The number of carbonyl (C=O) groups excluding carboxylic acids is 2. The van der Waals surface area contributed by atoms with Gasteiger partial charge in [0.15, 0.2) is 0 Å². The fourth-order valence-electron chi connectivity index (χ4n) is 3.00. The number of carboxylic acid groups (broad SMARTS) is 2. The van der Waals surface area contributed by atoms with E-state index in [2.05, 4.69) is 5.32 Å². The minimum atomic E-state index is -0.833. The van der Waals surface area contributed by atoms with Crippen LogP contribution in [0.4, 0.5) is 10.5 Å². The van der Waals surface area contributed by atoms with Gasteiger partial charge in [0.25, 0.3) is 23.4 Å². The van der Waals surface area contributed by atoms with E-state index in [-0.39, 0.29) is 18.0 Å². The number of cyclic esters (lactones) is 1. The van der Waals surface area contributed by atoms with Crippen LogP contribution in [0.2, 0.25) is 4.34 Å². The summed E-state index contributed by atoms with van der Waals surface area (Å²) in [5, 5.41) is 17.6. The SMILES string of the molecule is CC(=O)O.CC(=O)O.O=C(NC[C@H]1CN(c2ccc(-n3ccccc3=O)cc2)C(=O)O1)c1ccc(Cl)s1. The van der Waals surface area contributed by atoms with Gasteiger partial charge >= 0.3 is 6.09 Å². The van der Waals surface area contributed by atoms with Gasteiger partial charge in [-0.25, -0.2) is 4.79 Å². The largest absolute Gasteiger partial charge is 0.481 e. The average molecular weight is 550 g/mol. The van der Waals surface area contributed by atoms with Gasteiger partial charge in [0.2, 0.25) is 0 Å². The van der Waals surface area contributed by atoms with Gasteiger partial charge in [-0.15, -0.1) is 11.3 Å². The number of aromatic nitrogens is 1. The molecular weight excluding hydrogens is 526 g/mol. The van der Waals surface area contributed by atoms with Gasteiger partial charge in [-0.05, 0) is 42.5 Å². The van der Waals surface area contributed by atoms with Gasteiger partial charge in [0, 0.05) is 37.5 Å². The van der Waals surface area contributed by atoms with Gasteiger partial charge in [-0.2, -0.15) is 0 Å². The first-order chi connectivity index (χ1) is 17.5. The summed E-state index contributed by atoms with van der Waals surface area (Å²) in [6, 6.07) is 15.3. The van der Waals surface area contributed by atoms with Crippen molar-refractivity contribution in [2.24, 2.45) is 0 Å². The van der Waals surface area contributed by atoms with Gasteiger partial charge in [0.05, 0.1) is 22.3 Å². The lowest BCUT2D eigenvalue weighted by Gasteiger charge is -2.14. The third-order valence-electron chi connectivity index (χ3n) is 4.42. The summed E-state index contributed by atoms with van der Waals surface area (Å²) in [4.78, 5) is 56.3. The molecule has 0 radical (unpaired) electrons. The first kappa shape index (κ1) is 29.1. The summed E-state index contributed by atoms with van der Waals surface area (Å²) in [6.07, 6.45) is 0.743. The number of halogens is 1. The van der Waals surface area contributed by atoms with Crippen molar-refractivity contribution in [2.75, 3.05) is 18.0 Å². The number of carboxylic acids is 2. The highest BCUT2D eigenvalue weighted by atomic mass is 35.5. The molecule has 0 unspecified atom stereocenters. The van der Waals surface area contributed by atoms with Crippen molar-refractivity contribution < 1.29 is 34.1 Å². The molecule has 3 aromatic rings. The fraction of sp³-hybridized carbons (Fsp3) is 0.208. The van der Waals surface area contributed by atoms with Crippen molar-refractivity contribution in [1.82, 2.24) is 9.88 Å². The molecule has 0 saturated carbocycles. The molecule has 0 aliphatic carbocycles. The van der Waals surface area contributed by atoms with Gasteiger partial charge in [0.1, 0.15) is 6.10 Å².